The molecular weight excluding hydrogens is 226 g/mol. The average Bonchev–Trinajstić information content (AvgIpc) is 2.94. The molecule has 5 heteroatoms. The summed E-state index contributed by atoms with van der Waals surface area (Å²) >= 11 is 0. The molecule has 1 aliphatic rings. The van der Waals surface area contributed by atoms with Crippen molar-refractivity contribution in [1.29, 1.82) is 0 Å². The third-order valence-corrected chi connectivity index (χ3v) is 3.02. The molecule has 2 aromatic heterocycles. The van der Waals surface area contributed by atoms with Crippen LogP contribution < -0.4 is 10.2 Å². The Hall–Kier alpha value is -2.17. The third-order valence-electron chi connectivity index (χ3n) is 3.02. The number of anilines is 3. The number of aromatic nitrogens is 3. The summed E-state index contributed by atoms with van der Waals surface area (Å²) in [6, 6.07) is 5.84. The van der Waals surface area contributed by atoms with Crippen molar-refractivity contribution in [2.75, 3.05) is 23.3 Å². The highest BCUT2D eigenvalue weighted by Crippen LogP contribution is 2.20. The van der Waals surface area contributed by atoms with Crippen LogP contribution in [0.15, 0.2) is 36.9 Å². The molecule has 0 aromatic carbocycles. The van der Waals surface area contributed by atoms with Gasteiger partial charge < -0.3 is 10.2 Å². The van der Waals surface area contributed by atoms with E-state index in [0.717, 1.165) is 30.4 Å². The van der Waals surface area contributed by atoms with Crippen LogP contribution in [0.25, 0.3) is 0 Å². The standard InChI is InChI=1S/C13H15N5/c1-2-7-18(6-1)13-8-12(15-10-16-13)17-11-4-3-5-14-9-11/h3-5,8-10H,1-2,6-7H2,(H,15,16,17). The number of nitrogens with one attached hydrogen (secondary N) is 1. The van der Waals surface area contributed by atoms with Gasteiger partial charge in [0, 0.05) is 25.4 Å². The van der Waals surface area contributed by atoms with Crippen molar-refractivity contribution in [1.82, 2.24) is 15.0 Å². The number of hydrogen-bond acceptors (Lipinski definition) is 5. The molecule has 5 nitrogen and oxygen atoms in total. The molecule has 2 aromatic rings. The Balaban J connectivity index is 1.78. The van der Waals surface area contributed by atoms with Crippen molar-refractivity contribution in [3.05, 3.63) is 36.9 Å². The fourth-order valence-corrected chi connectivity index (χ4v) is 2.12. The fraction of sp³-hybridized carbons (Fsp3) is 0.308. The Kier molecular flexibility index (Phi) is 3.04. The van der Waals surface area contributed by atoms with Crippen LogP contribution in [-0.4, -0.2) is 28.0 Å². The van der Waals surface area contributed by atoms with E-state index >= 15 is 0 Å². The summed E-state index contributed by atoms with van der Waals surface area (Å²) in [6.07, 6.45) is 7.62. The molecule has 18 heavy (non-hydrogen) atoms. The van der Waals surface area contributed by atoms with Crippen molar-refractivity contribution < 1.29 is 0 Å². The van der Waals surface area contributed by atoms with Gasteiger partial charge in [-0.15, -0.1) is 0 Å². The van der Waals surface area contributed by atoms with Crippen LogP contribution in [0.3, 0.4) is 0 Å². The first-order chi connectivity index (χ1) is 8.92. The second-order valence-corrected chi connectivity index (χ2v) is 4.32. The van der Waals surface area contributed by atoms with Crippen LogP contribution in [0, 0.1) is 0 Å². The minimum absolute atomic E-state index is 0.805. The largest absolute Gasteiger partial charge is 0.356 e. The molecule has 1 fully saturated rings. The van der Waals surface area contributed by atoms with Crippen LogP contribution in [0.4, 0.5) is 17.3 Å². The van der Waals surface area contributed by atoms with Crippen molar-refractivity contribution in [3.8, 4) is 0 Å². The van der Waals surface area contributed by atoms with E-state index in [-0.39, 0.29) is 0 Å². The Morgan fingerprint density at radius 3 is 2.83 bits per heavy atom. The number of pyridine rings is 1. The first-order valence-electron chi connectivity index (χ1n) is 6.16. The molecule has 0 radical (unpaired) electrons. The topological polar surface area (TPSA) is 53.9 Å². The molecule has 1 aliphatic heterocycles. The summed E-state index contributed by atoms with van der Waals surface area (Å²) in [6.45, 7) is 2.17. The Morgan fingerprint density at radius 2 is 2.06 bits per heavy atom. The first kappa shape index (κ1) is 11.0. The first-order valence-corrected chi connectivity index (χ1v) is 6.16. The van der Waals surface area contributed by atoms with Gasteiger partial charge in [-0.2, -0.15) is 0 Å². The van der Waals surface area contributed by atoms with Crippen molar-refractivity contribution in [2.24, 2.45) is 0 Å². The lowest BCUT2D eigenvalue weighted by atomic mass is 10.4. The van der Waals surface area contributed by atoms with Crippen LogP contribution in [0.1, 0.15) is 12.8 Å². The SMILES string of the molecule is c1cncc(Nc2cc(N3CCCC3)ncn2)c1. The predicted molar refractivity (Wildman–Crippen MR) is 71.0 cm³/mol. The van der Waals surface area contributed by atoms with E-state index < -0.39 is 0 Å². The molecule has 0 spiro atoms. The van der Waals surface area contributed by atoms with E-state index in [1.807, 2.05) is 18.2 Å². The van der Waals surface area contributed by atoms with Gasteiger partial charge in [-0.05, 0) is 25.0 Å². The van der Waals surface area contributed by atoms with E-state index in [0.29, 0.717) is 0 Å². The number of hydrogen-bond donors (Lipinski definition) is 1. The van der Waals surface area contributed by atoms with E-state index in [1.165, 1.54) is 12.8 Å². The second-order valence-electron chi connectivity index (χ2n) is 4.32. The summed E-state index contributed by atoms with van der Waals surface area (Å²) in [5.74, 6) is 1.80. The third kappa shape index (κ3) is 2.40. The molecular formula is C13H15N5. The maximum atomic E-state index is 4.32. The predicted octanol–water partition coefficient (Wildman–Crippen LogP) is 2.22. The van der Waals surface area contributed by atoms with Crippen LogP contribution in [-0.2, 0) is 0 Å². The number of nitrogens with zero attached hydrogens (tertiary/aromatic N) is 4. The average molecular weight is 241 g/mol. The van der Waals surface area contributed by atoms with Crippen molar-refractivity contribution >= 4 is 17.3 Å². The summed E-state index contributed by atoms with van der Waals surface area (Å²) in [4.78, 5) is 14.9. The zero-order chi connectivity index (χ0) is 12.2. The molecule has 0 saturated carbocycles. The van der Waals surface area contributed by atoms with E-state index in [1.54, 1.807) is 18.7 Å². The quantitative estimate of drug-likeness (QED) is 0.893. The maximum Gasteiger partial charge on any atom is 0.135 e. The molecule has 1 N–H and O–H groups in total. The van der Waals surface area contributed by atoms with Gasteiger partial charge >= 0.3 is 0 Å². The van der Waals surface area contributed by atoms with Crippen molar-refractivity contribution in [2.45, 2.75) is 12.8 Å². The lowest BCUT2D eigenvalue weighted by Crippen LogP contribution is -2.19. The molecule has 0 atom stereocenters. The molecule has 1 saturated heterocycles. The normalized spacial score (nSPS) is 14.8. The highest BCUT2D eigenvalue weighted by molar-refractivity contribution is 5.58. The van der Waals surface area contributed by atoms with Gasteiger partial charge in [-0.1, -0.05) is 0 Å². The van der Waals surface area contributed by atoms with Gasteiger partial charge in [0.1, 0.15) is 18.0 Å². The zero-order valence-corrected chi connectivity index (χ0v) is 10.1. The van der Waals surface area contributed by atoms with Gasteiger partial charge in [-0.25, -0.2) is 9.97 Å². The molecule has 3 heterocycles. The van der Waals surface area contributed by atoms with Gasteiger partial charge in [0.15, 0.2) is 0 Å². The van der Waals surface area contributed by atoms with E-state index in [2.05, 4.69) is 25.2 Å². The Labute approximate surface area is 106 Å². The molecule has 0 aliphatic carbocycles. The zero-order valence-electron chi connectivity index (χ0n) is 10.1. The highest BCUT2D eigenvalue weighted by atomic mass is 15.2. The smallest absolute Gasteiger partial charge is 0.135 e. The second kappa shape index (κ2) is 5.00. The molecule has 3 rings (SSSR count). The fourth-order valence-electron chi connectivity index (χ4n) is 2.12. The highest BCUT2D eigenvalue weighted by Gasteiger charge is 2.13. The van der Waals surface area contributed by atoms with Crippen LogP contribution in [0.5, 0.6) is 0 Å². The summed E-state index contributed by atoms with van der Waals surface area (Å²) in [5.41, 5.74) is 0.934. The maximum absolute atomic E-state index is 4.32. The lowest BCUT2D eigenvalue weighted by molar-refractivity contribution is 0.928. The van der Waals surface area contributed by atoms with Crippen LogP contribution in [0.2, 0.25) is 0 Å². The Bertz CT molecular complexity index is 508. The lowest BCUT2D eigenvalue weighted by Gasteiger charge is -2.16. The van der Waals surface area contributed by atoms with Crippen LogP contribution >= 0.6 is 0 Å². The summed E-state index contributed by atoms with van der Waals surface area (Å²) in [5, 5.41) is 3.23. The molecule has 0 bridgehead atoms. The minimum atomic E-state index is 0.805. The molecule has 92 valence electrons. The van der Waals surface area contributed by atoms with Gasteiger partial charge in [0.2, 0.25) is 0 Å². The molecule has 0 unspecified atom stereocenters. The molecule has 0 amide bonds. The summed E-state index contributed by atoms with van der Waals surface area (Å²) in [7, 11) is 0. The number of rotatable bonds is 3. The van der Waals surface area contributed by atoms with Crippen molar-refractivity contribution in [3.63, 3.8) is 0 Å². The minimum Gasteiger partial charge on any atom is -0.356 e. The summed E-state index contributed by atoms with van der Waals surface area (Å²) < 4.78 is 0. The van der Waals surface area contributed by atoms with Gasteiger partial charge in [0.25, 0.3) is 0 Å². The Morgan fingerprint density at radius 1 is 1.17 bits per heavy atom. The van der Waals surface area contributed by atoms with E-state index in [4.69, 9.17) is 0 Å². The monoisotopic (exact) mass is 241 g/mol. The van der Waals surface area contributed by atoms with E-state index in [9.17, 15) is 0 Å². The van der Waals surface area contributed by atoms with Gasteiger partial charge in [0.05, 0.1) is 11.9 Å². The van der Waals surface area contributed by atoms with Gasteiger partial charge in [-0.3, -0.25) is 4.98 Å².